The Labute approximate surface area is 89.5 Å². The van der Waals surface area contributed by atoms with Crippen molar-refractivity contribution in [3.05, 3.63) is 35.4 Å². The van der Waals surface area contributed by atoms with Crippen LogP contribution in [0.15, 0.2) is 24.3 Å². The summed E-state index contributed by atoms with van der Waals surface area (Å²) < 4.78 is 0. The topological polar surface area (TPSA) is 46.2 Å². The highest BCUT2D eigenvalue weighted by atomic mass is 16.2. The molecule has 0 unspecified atom stereocenters. The van der Waals surface area contributed by atoms with Crippen molar-refractivity contribution in [2.45, 2.75) is 19.8 Å². The number of hydrogen-bond acceptors (Lipinski definition) is 2. The normalized spacial score (nSPS) is 10.1. The van der Waals surface area contributed by atoms with Gasteiger partial charge in [-0.3, -0.25) is 9.59 Å². The van der Waals surface area contributed by atoms with Gasteiger partial charge in [-0.25, -0.2) is 0 Å². The maximum Gasteiger partial charge on any atom is 0.292 e. The van der Waals surface area contributed by atoms with Crippen molar-refractivity contribution in [3.63, 3.8) is 0 Å². The maximum absolute atomic E-state index is 11.5. The predicted molar refractivity (Wildman–Crippen MR) is 58.9 cm³/mol. The molecule has 0 spiro atoms. The van der Waals surface area contributed by atoms with Crippen molar-refractivity contribution in [2.75, 3.05) is 7.05 Å². The number of ketones is 1. The number of nitrogens with one attached hydrogen (secondary N) is 1. The first-order chi connectivity index (χ1) is 7.06. The zero-order valence-corrected chi connectivity index (χ0v) is 9.20. The quantitative estimate of drug-likeness (QED) is 0.603. The smallest absolute Gasteiger partial charge is 0.292 e. The van der Waals surface area contributed by atoms with Crippen molar-refractivity contribution < 1.29 is 9.59 Å². The Hall–Kier alpha value is -1.64. The molecule has 0 aliphatic carbocycles. The number of likely N-dealkylation sites (N-methyl/N-ethyl adjacent to an activating group) is 1. The molecule has 1 aromatic carbocycles. The Morgan fingerprint density at radius 1 is 1.27 bits per heavy atom. The molecule has 1 rings (SSSR count). The van der Waals surface area contributed by atoms with Crippen molar-refractivity contribution in [1.82, 2.24) is 5.32 Å². The van der Waals surface area contributed by atoms with E-state index >= 15 is 0 Å². The van der Waals surface area contributed by atoms with Crippen LogP contribution < -0.4 is 5.32 Å². The molecule has 0 saturated heterocycles. The lowest BCUT2D eigenvalue weighted by atomic mass is 9.99. The van der Waals surface area contributed by atoms with Gasteiger partial charge in [0.15, 0.2) is 0 Å². The SMILES string of the molecule is CNC(=O)C(=O)c1cccc(C(C)C)c1. The van der Waals surface area contributed by atoms with Gasteiger partial charge < -0.3 is 5.32 Å². The fraction of sp³-hybridized carbons (Fsp3) is 0.333. The lowest BCUT2D eigenvalue weighted by Crippen LogP contribution is -2.27. The highest BCUT2D eigenvalue weighted by molar-refractivity contribution is 6.42. The Morgan fingerprint density at radius 3 is 2.47 bits per heavy atom. The van der Waals surface area contributed by atoms with Crippen LogP contribution in [0.1, 0.15) is 35.7 Å². The van der Waals surface area contributed by atoms with Crippen LogP contribution in [0.5, 0.6) is 0 Å². The van der Waals surface area contributed by atoms with Crippen LogP contribution in [0.25, 0.3) is 0 Å². The molecule has 0 bridgehead atoms. The van der Waals surface area contributed by atoms with Crippen LogP contribution >= 0.6 is 0 Å². The summed E-state index contributed by atoms with van der Waals surface area (Å²) in [5.41, 5.74) is 1.50. The zero-order chi connectivity index (χ0) is 11.4. The number of carbonyl (C=O) groups is 2. The molecule has 0 saturated carbocycles. The predicted octanol–water partition coefficient (Wildman–Crippen LogP) is 1.74. The molecule has 3 nitrogen and oxygen atoms in total. The molecule has 0 heterocycles. The minimum absolute atomic E-state index is 0.349. The van der Waals surface area contributed by atoms with E-state index in [2.05, 4.69) is 5.32 Å². The van der Waals surface area contributed by atoms with Crippen molar-refractivity contribution in [3.8, 4) is 0 Å². The number of amides is 1. The third kappa shape index (κ3) is 2.65. The third-order valence-corrected chi connectivity index (χ3v) is 2.25. The van der Waals surface area contributed by atoms with Gasteiger partial charge in [0.25, 0.3) is 5.91 Å². The van der Waals surface area contributed by atoms with Crippen molar-refractivity contribution >= 4 is 11.7 Å². The summed E-state index contributed by atoms with van der Waals surface area (Å²) in [5.74, 6) is -0.710. The molecule has 0 aliphatic rings. The average Bonchev–Trinajstić information content (AvgIpc) is 2.27. The summed E-state index contributed by atoms with van der Waals surface area (Å²) in [6.07, 6.45) is 0. The second-order valence-corrected chi connectivity index (χ2v) is 3.69. The minimum atomic E-state index is -0.573. The van der Waals surface area contributed by atoms with Crippen molar-refractivity contribution in [2.24, 2.45) is 0 Å². The molecule has 1 aromatic rings. The molecule has 0 atom stereocenters. The molecule has 1 N–H and O–H groups in total. The second kappa shape index (κ2) is 4.73. The van der Waals surface area contributed by atoms with Gasteiger partial charge >= 0.3 is 0 Å². The number of carbonyl (C=O) groups excluding carboxylic acids is 2. The monoisotopic (exact) mass is 205 g/mol. The molecular weight excluding hydrogens is 190 g/mol. The van der Waals surface area contributed by atoms with Crippen molar-refractivity contribution in [1.29, 1.82) is 0 Å². The molecule has 0 aliphatic heterocycles. The van der Waals surface area contributed by atoms with E-state index < -0.39 is 11.7 Å². The maximum atomic E-state index is 11.5. The number of benzene rings is 1. The lowest BCUT2D eigenvalue weighted by molar-refractivity contribution is -0.116. The number of Topliss-reactive ketones (excluding diaryl/α,β-unsaturated/α-hetero) is 1. The summed E-state index contributed by atoms with van der Waals surface area (Å²) in [6.45, 7) is 4.09. The highest BCUT2D eigenvalue weighted by Crippen LogP contribution is 2.15. The van der Waals surface area contributed by atoms with Gasteiger partial charge in [-0.2, -0.15) is 0 Å². The van der Waals surface area contributed by atoms with Gasteiger partial charge in [0.1, 0.15) is 0 Å². The minimum Gasteiger partial charge on any atom is -0.352 e. The first-order valence-corrected chi connectivity index (χ1v) is 4.92. The number of hydrogen-bond donors (Lipinski definition) is 1. The summed E-state index contributed by atoms with van der Waals surface area (Å²) in [4.78, 5) is 22.7. The van der Waals surface area contributed by atoms with Crippen LogP contribution in [0.3, 0.4) is 0 Å². The molecule has 3 heteroatoms. The third-order valence-electron chi connectivity index (χ3n) is 2.25. The Kier molecular flexibility index (Phi) is 3.61. The van der Waals surface area contributed by atoms with Crippen LogP contribution in [0, 0.1) is 0 Å². The van der Waals surface area contributed by atoms with Gasteiger partial charge in [-0.05, 0) is 17.5 Å². The first kappa shape index (κ1) is 11.4. The van der Waals surface area contributed by atoms with E-state index in [9.17, 15) is 9.59 Å². The van der Waals surface area contributed by atoms with Gasteiger partial charge in [0, 0.05) is 12.6 Å². The van der Waals surface area contributed by atoms with Gasteiger partial charge in [-0.15, -0.1) is 0 Å². The zero-order valence-electron chi connectivity index (χ0n) is 9.20. The van der Waals surface area contributed by atoms with Gasteiger partial charge in [0.05, 0.1) is 0 Å². The van der Waals surface area contributed by atoms with Crippen LogP contribution in [0.4, 0.5) is 0 Å². The molecular formula is C12H15NO2. The Morgan fingerprint density at radius 2 is 1.93 bits per heavy atom. The van der Waals surface area contributed by atoms with E-state index in [0.29, 0.717) is 11.5 Å². The standard InChI is InChI=1S/C12H15NO2/c1-8(2)9-5-4-6-10(7-9)11(14)12(15)13-3/h4-8H,1-3H3,(H,13,15). The van der Waals surface area contributed by atoms with Crippen LogP contribution in [-0.4, -0.2) is 18.7 Å². The van der Waals surface area contributed by atoms with Gasteiger partial charge in [-0.1, -0.05) is 32.0 Å². The fourth-order valence-electron chi connectivity index (χ4n) is 1.28. The van der Waals surface area contributed by atoms with E-state index in [1.807, 2.05) is 19.9 Å². The summed E-state index contributed by atoms with van der Waals surface area (Å²) in [6, 6.07) is 7.17. The summed E-state index contributed by atoms with van der Waals surface area (Å²) in [5, 5.41) is 2.32. The van der Waals surface area contributed by atoms with E-state index in [-0.39, 0.29) is 0 Å². The molecule has 15 heavy (non-hydrogen) atoms. The van der Waals surface area contributed by atoms with Crippen LogP contribution in [0.2, 0.25) is 0 Å². The Balaban J connectivity index is 3.00. The Bertz CT molecular complexity index is 383. The van der Waals surface area contributed by atoms with E-state index in [1.165, 1.54) is 7.05 Å². The van der Waals surface area contributed by atoms with Crippen LogP contribution in [-0.2, 0) is 4.79 Å². The van der Waals surface area contributed by atoms with E-state index in [4.69, 9.17) is 0 Å². The molecule has 0 fully saturated rings. The lowest BCUT2D eigenvalue weighted by Gasteiger charge is -2.06. The summed E-state index contributed by atoms with van der Waals surface area (Å²) >= 11 is 0. The fourth-order valence-corrected chi connectivity index (χ4v) is 1.28. The number of rotatable bonds is 3. The largest absolute Gasteiger partial charge is 0.352 e. The van der Waals surface area contributed by atoms with E-state index in [0.717, 1.165) is 5.56 Å². The average molecular weight is 205 g/mol. The molecule has 0 aromatic heterocycles. The first-order valence-electron chi connectivity index (χ1n) is 4.92. The highest BCUT2D eigenvalue weighted by Gasteiger charge is 2.14. The van der Waals surface area contributed by atoms with Gasteiger partial charge in [0.2, 0.25) is 5.78 Å². The molecule has 0 radical (unpaired) electrons. The summed E-state index contributed by atoms with van der Waals surface area (Å²) in [7, 11) is 1.45. The molecule has 1 amide bonds. The second-order valence-electron chi connectivity index (χ2n) is 3.69. The van der Waals surface area contributed by atoms with E-state index in [1.54, 1.807) is 18.2 Å². The molecule has 80 valence electrons.